The molecule has 1 amide bonds. The number of carbonyl (C=O) groups is 2. The Hall–Kier alpha value is -3.38. The van der Waals surface area contributed by atoms with E-state index in [4.69, 9.17) is 14.0 Å². The molecule has 0 aliphatic rings. The largest absolute Gasteiger partial charge is 0.451 e. The number of rotatable bonds is 8. The molecule has 2 aromatic heterocycles. The lowest BCUT2D eigenvalue weighted by molar-refractivity contribution is -0.142. The van der Waals surface area contributed by atoms with Gasteiger partial charge in [0.1, 0.15) is 17.4 Å². The van der Waals surface area contributed by atoms with Gasteiger partial charge in [0.15, 0.2) is 12.4 Å². The summed E-state index contributed by atoms with van der Waals surface area (Å²) in [5, 5.41) is 15.3. The molecular weight excluding hydrogens is 364 g/mol. The molecule has 0 bridgehead atoms. The van der Waals surface area contributed by atoms with Crippen molar-refractivity contribution in [3.8, 4) is 6.07 Å². The first-order valence-electron chi connectivity index (χ1n) is 8.53. The molecule has 2 heterocycles. The SMILES string of the molecule is COCCn1c(C)cc(/C=C(\C#N)C(=O)OCC(=O)Nc2cc(C)on2)c1C. The Morgan fingerprint density at radius 2 is 2.11 bits per heavy atom. The van der Waals surface area contributed by atoms with Crippen molar-refractivity contribution in [1.82, 2.24) is 9.72 Å². The van der Waals surface area contributed by atoms with Gasteiger partial charge in [-0.2, -0.15) is 5.26 Å². The van der Waals surface area contributed by atoms with Crippen molar-refractivity contribution in [1.29, 1.82) is 5.26 Å². The molecule has 0 spiro atoms. The van der Waals surface area contributed by atoms with E-state index in [0.717, 1.165) is 17.0 Å². The average molecular weight is 386 g/mol. The molecule has 2 aromatic rings. The number of carbonyl (C=O) groups excluding carboxylic acids is 2. The van der Waals surface area contributed by atoms with E-state index < -0.39 is 18.5 Å². The van der Waals surface area contributed by atoms with Crippen LogP contribution >= 0.6 is 0 Å². The molecule has 0 fully saturated rings. The van der Waals surface area contributed by atoms with Gasteiger partial charge in [-0.3, -0.25) is 4.79 Å². The Morgan fingerprint density at radius 1 is 1.36 bits per heavy atom. The van der Waals surface area contributed by atoms with Crippen LogP contribution in [0.4, 0.5) is 5.82 Å². The number of hydrogen-bond donors (Lipinski definition) is 1. The van der Waals surface area contributed by atoms with Gasteiger partial charge in [0.25, 0.3) is 5.91 Å². The monoisotopic (exact) mass is 386 g/mol. The first-order valence-corrected chi connectivity index (χ1v) is 8.53. The predicted octanol–water partition coefficient (Wildman–Crippen LogP) is 2.14. The van der Waals surface area contributed by atoms with E-state index in [1.54, 1.807) is 14.0 Å². The van der Waals surface area contributed by atoms with E-state index in [-0.39, 0.29) is 11.4 Å². The molecule has 2 rings (SSSR count). The molecule has 0 aromatic carbocycles. The van der Waals surface area contributed by atoms with E-state index in [2.05, 4.69) is 10.5 Å². The number of hydrogen-bond acceptors (Lipinski definition) is 7. The Balaban J connectivity index is 2.03. The summed E-state index contributed by atoms with van der Waals surface area (Å²) in [4.78, 5) is 24.0. The van der Waals surface area contributed by atoms with Gasteiger partial charge in [-0.15, -0.1) is 0 Å². The third-order valence-electron chi connectivity index (χ3n) is 4.00. The minimum atomic E-state index is -0.879. The second-order valence-electron chi connectivity index (χ2n) is 6.09. The lowest BCUT2D eigenvalue weighted by Gasteiger charge is -2.08. The summed E-state index contributed by atoms with van der Waals surface area (Å²) in [7, 11) is 1.62. The van der Waals surface area contributed by atoms with E-state index in [1.807, 2.05) is 30.6 Å². The fourth-order valence-electron chi connectivity index (χ4n) is 2.61. The van der Waals surface area contributed by atoms with Crippen LogP contribution in [0.5, 0.6) is 0 Å². The van der Waals surface area contributed by atoms with Gasteiger partial charge in [-0.05, 0) is 38.5 Å². The van der Waals surface area contributed by atoms with Crippen molar-refractivity contribution in [3.05, 3.63) is 40.4 Å². The molecule has 0 atom stereocenters. The standard InChI is InChI=1S/C19H22N4O5/c1-12-7-15(14(3)23(12)5-6-26-4)9-16(10-20)19(25)27-11-18(24)21-17-8-13(2)28-22-17/h7-9H,5-6,11H2,1-4H3,(H,21,22,24)/b16-9+. The maximum atomic E-state index is 12.2. The molecule has 28 heavy (non-hydrogen) atoms. The zero-order valence-electron chi connectivity index (χ0n) is 16.2. The molecule has 0 saturated heterocycles. The Bertz CT molecular complexity index is 933. The molecule has 9 nitrogen and oxygen atoms in total. The highest BCUT2D eigenvalue weighted by molar-refractivity contribution is 6.00. The van der Waals surface area contributed by atoms with Crippen molar-refractivity contribution in [3.63, 3.8) is 0 Å². The van der Waals surface area contributed by atoms with Crippen LogP contribution in [-0.2, 0) is 25.6 Å². The van der Waals surface area contributed by atoms with Crippen LogP contribution in [0.15, 0.2) is 22.2 Å². The van der Waals surface area contributed by atoms with Crippen LogP contribution in [0.25, 0.3) is 6.08 Å². The molecule has 148 valence electrons. The lowest BCUT2D eigenvalue weighted by Crippen LogP contribution is -2.21. The third-order valence-corrected chi connectivity index (χ3v) is 4.00. The van der Waals surface area contributed by atoms with E-state index >= 15 is 0 Å². The second-order valence-corrected chi connectivity index (χ2v) is 6.09. The number of esters is 1. The minimum Gasteiger partial charge on any atom is -0.451 e. The van der Waals surface area contributed by atoms with Gasteiger partial charge in [-0.1, -0.05) is 5.16 Å². The number of aryl methyl sites for hydroxylation is 2. The average Bonchev–Trinajstić information content (AvgIpc) is 3.18. The smallest absolute Gasteiger partial charge is 0.349 e. The topological polar surface area (TPSA) is 119 Å². The number of ether oxygens (including phenoxy) is 2. The Morgan fingerprint density at radius 3 is 2.71 bits per heavy atom. The summed E-state index contributed by atoms with van der Waals surface area (Å²) in [6.45, 7) is 6.17. The zero-order valence-corrected chi connectivity index (χ0v) is 16.2. The molecule has 0 unspecified atom stereocenters. The van der Waals surface area contributed by atoms with Crippen LogP contribution < -0.4 is 5.32 Å². The first-order chi connectivity index (χ1) is 13.3. The van der Waals surface area contributed by atoms with Crippen molar-refractivity contribution in [2.75, 3.05) is 25.6 Å². The molecule has 0 aliphatic heterocycles. The third kappa shape index (κ3) is 5.31. The van der Waals surface area contributed by atoms with Crippen LogP contribution in [0.3, 0.4) is 0 Å². The molecule has 0 aliphatic carbocycles. The fourth-order valence-corrected chi connectivity index (χ4v) is 2.61. The summed E-state index contributed by atoms with van der Waals surface area (Å²) in [5.74, 6) is -0.712. The normalized spacial score (nSPS) is 11.2. The maximum Gasteiger partial charge on any atom is 0.349 e. The quantitative estimate of drug-likeness (QED) is 0.419. The minimum absolute atomic E-state index is 0.197. The van der Waals surface area contributed by atoms with Gasteiger partial charge in [0.2, 0.25) is 0 Å². The zero-order chi connectivity index (χ0) is 20.7. The van der Waals surface area contributed by atoms with Crippen LogP contribution in [0.1, 0.15) is 22.7 Å². The van der Waals surface area contributed by atoms with Crippen molar-refractivity contribution in [2.24, 2.45) is 0 Å². The Kier molecular flexibility index (Phi) is 7.12. The van der Waals surface area contributed by atoms with E-state index in [1.165, 1.54) is 12.1 Å². The lowest BCUT2D eigenvalue weighted by atomic mass is 10.1. The van der Waals surface area contributed by atoms with Crippen LogP contribution in [0, 0.1) is 32.1 Å². The van der Waals surface area contributed by atoms with Crippen molar-refractivity contribution >= 4 is 23.8 Å². The molecule has 0 saturated carbocycles. The first kappa shape index (κ1) is 20.9. The van der Waals surface area contributed by atoms with Gasteiger partial charge in [0.05, 0.1) is 6.61 Å². The molecule has 1 N–H and O–H groups in total. The maximum absolute atomic E-state index is 12.2. The number of amides is 1. The van der Waals surface area contributed by atoms with Gasteiger partial charge in [0, 0.05) is 31.1 Å². The van der Waals surface area contributed by atoms with Crippen LogP contribution in [-0.4, -0.2) is 41.9 Å². The summed E-state index contributed by atoms with van der Waals surface area (Å²) >= 11 is 0. The Labute approximate surface area is 162 Å². The number of nitriles is 1. The number of methoxy groups -OCH3 is 1. The predicted molar refractivity (Wildman–Crippen MR) is 100 cm³/mol. The number of aromatic nitrogens is 2. The highest BCUT2D eigenvalue weighted by atomic mass is 16.5. The van der Waals surface area contributed by atoms with Gasteiger partial charge in [-0.25, -0.2) is 4.79 Å². The number of anilines is 1. The highest BCUT2D eigenvalue weighted by Gasteiger charge is 2.16. The number of nitrogens with one attached hydrogen (secondary N) is 1. The van der Waals surface area contributed by atoms with Crippen molar-refractivity contribution < 1.29 is 23.6 Å². The fraction of sp³-hybridized carbons (Fsp3) is 0.368. The van der Waals surface area contributed by atoms with Gasteiger partial charge >= 0.3 is 5.97 Å². The summed E-state index contributed by atoms with van der Waals surface area (Å²) in [6, 6.07) is 5.22. The summed E-state index contributed by atoms with van der Waals surface area (Å²) in [6.07, 6.45) is 1.45. The number of nitrogens with zero attached hydrogens (tertiary/aromatic N) is 3. The van der Waals surface area contributed by atoms with E-state index in [9.17, 15) is 14.9 Å². The van der Waals surface area contributed by atoms with E-state index in [0.29, 0.717) is 18.9 Å². The summed E-state index contributed by atoms with van der Waals surface area (Å²) in [5.41, 5.74) is 2.41. The van der Waals surface area contributed by atoms with Crippen molar-refractivity contribution in [2.45, 2.75) is 27.3 Å². The van der Waals surface area contributed by atoms with Crippen LogP contribution in [0.2, 0.25) is 0 Å². The second kappa shape index (κ2) is 9.53. The molecule has 9 heteroatoms. The molecular formula is C19H22N4O5. The highest BCUT2D eigenvalue weighted by Crippen LogP contribution is 2.18. The summed E-state index contributed by atoms with van der Waals surface area (Å²) < 4.78 is 16.9. The molecule has 0 radical (unpaired) electrons. The van der Waals surface area contributed by atoms with Gasteiger partial charge < -0.3 is 23.9 Å².